The Morgan fingerprint density at radius 3 is 2.94 bits per heavy atom. The van der Waals surface area contributed by atoms with Crippen molar-refractivity contribution in [3.05, 3.63) is 29.2 Å². The van der Waals surface area contributed by atoms with Gasteiger partial charge in [0.15, 0.2) is 4.34 Å². The zero-order chi connectivity index (χ0) is 12.1. The number of hydrogen-bond donors (Lipinski definition) is 1. The van der Waals surface area contributed by atoms with Crippen molar-refractivity contribution >= 4 is 23.1 Å². The smallest absolute Gasteiger partial charge is 0.174 e. The number of nitrogens with zero attached hydrogens (tertiary/aromatic N) is 2. The Labute approximate surface area is 109 Å². The van der Waals surface area contributed by atoms with E-state index in [1.807, 2.05) is 12.1 Å². The molecule has 2 aromatic rings. The van der Waals surface area contributed by atoms with Gasteiger partial charge in [-0.25, -0.2) is 0 Å². The van der Waals surface area contributed by atoms with Crippen LogP contribution in [0, 0.1) is 0 Å². The van der Waals surface area contributed by atoms with Crippen molar-refractivity contribution in [2.75, 3.05) is 0 Å². The van der Waals surface area contributed by atoms with E-state index in [-0.39, 0.29) is 0 Å². The molecule has 2 heterocycles. The highest BCUT2D eigenvalue weighted by atomic mass is 32.2. The molecule has 0 saturated heterocycles. The minimum absolute atomic E-state index is 0.472. The van der Waals surface area contributed by atoms with Gasteiger partial charge in [0.1, 0.15) is 17.0 Å². The highest BCUT2D eigenvalue weighted by Crippen LogP contribution is 2.24. The first-order valence-corrected chi connectivity index (χ1v) is 7.30. The predicted octanol–water partition coefficient (Wildman–Crippen LogP) is 2.92. The van der Waals surface area contributed by atoms with Gasteiger partial charge < -0.3 is 9.73 Å². The Morgan fingerprint density at radius 1 is 1.41 bits per heavy atom. The maximum absolute atomic E-state index is 5.71. The van der Waals surface area contributed by atoms with Crippen molar-refractivity contribution in [2.45, 2.75) is 36.5 Å². The molecule has 0 amide bonds. The molecule has 6 heteroatoms. The molecule has 0 aliphatic heterocycles. The molecule has 0 radical (unpaired) electrons. The normalized spacial score (nSPS) is 11.2. The summed E-state index contributed by atoms with van der Waals surface area (Å²) in [5.74, 6) is 2.76. The summed E-state index contributed by atoms with van der Waals surface area (Å²) in [6, 6.07) is 4.51. The number of rotatable bonds is 6. The minimum atomic E-state index is 0.472. The van der Waals surface area contributed by atoms with Gasteiger partial charge in [0.25, 0.3) is 0 Å². The highest BCUT2D eigenvalue weighted by molar-refractivity contribution is 8.00. The van der Waals surface area contributed by atoms with Gasteiger partial charge >= 0.3 is 0 Å². The molecule has 0 aliphatic carbocycles. The lowest BCUT2D eigenvalue weighted by atomic mass is 10.3. The van der Waals surface area contributed by atoms with Crippen LogP contribution in [0.5, 0.6) is 0 Å². The first kappa shape index (κ1) is 12.6. The first-order chi connectivity index (χ1) is 8.24. The summed E-state index contributed by atoms with van der Waals surface area (Å²) in [6.07, 6.45) is 0. The second-order valence-electron chi connectivity index (χ2n) is 3.90. The molecule has 4 nitrogen and oxygen atoms in total. The largest absolute Gasteiger partial charge is 0.464 e. The Kier molecular flexibility index (Phi) is 4.58. The summed E-state index contributed by atoms with van der Waals surface area (Å²) in [7, 11) is 0. The molecular weight excluding hydrogens is 254 g/mol. The fourth-order valence-corrected chi connectivity index (χ4v) is 2.64. The van der Waals surface area contributed by atoms with Gasteiger partial charge in [0, 0.05) is 6.04 Å². The van der Waals surface area contributed by atoms with Gasteiger partial charge in [0.2, 0.25) is 0 Å². The van der Waals surface area contributed by atoms with Crippen LogP contribution in [0.2, 0.25) is 0 Å². The van der Waals surface area contributed by atoms with E-state index >= 15 is 0 Å². The van der Waals surface area contributed by atoms with Crippen molar-refractivity contribution in [1.82, 2.24) is 15.5 Å². The van der Waals surface area contributed by atoms with Crippen LogP contribution >= 0.6 is 23.1 Å². The van der Waals surface area contributed by atoms with Gasteiger partial charge in [-0.15, -0.1) is 10.2 Å². The lowest BCUT2D eigenvalue weighted by Gasteiger charge is -2.04. The molecule has 17 heavy (non-hydrogen) atoms. The van der Waals surface area contributed by atoms with E-state index in [1.54, 1.807) is 28.6 Å². The van der Waals surface area contributed by atoms with E-state index in [1.165, 1.54) is 0 Å². The van der Waals surface area contributed by atoms with Gasteiger partial charge in [0.05, 0.1) is 12.3 Å². The van der Waals surface area contributed by atoms with E-state index in [0.717, 1.165) is 28.2 Å². The number of nitrogens with one attached hydrogen (secondary N) is 1. The molecular formula is C11H15N3OS2. The maximum atomic E-state index is 5.71. The van der Waals surface area contributed by atoms with E-state index < -0.39 is 0 Å². The molecule has 0 saturated carbocycles. The molecule has 0 atom stereocenters. The van der Waals surface area contributed by atoms with Crippen molar-refractivity contribution in [2.24, 2.45) is 0 Å². The summed E-state index contributed by atoms with van der Waals surface area (Å²) in [5, 5.41) is 11.1. The van der Waals surface area contributed by atoms with Crippen molar-refractivity contribution < 1.29 is 4.42 Å². The average molecular weight is 269 g/mol. The Bertz CT molecular complexity index is 439. The number of thioether (sulfide) groups is 1. The lowest BCUT2D eigenvalue weighted by molar-refractivity contribution is 0.445. The molecule has 0 fully saturated rings. The molecule has 2 rings (SSSR count). The molecule has 0 aromatic carbocycles. The minimum Gasteiger partial charge on any atom is -0.464 e. The molecule has 0 unspecified atom stereocenters. The van der Waals surface area contributed by atoms with Crippen LogP contribution in [0.15, 0.2) is 26.4 Å². The van der Waals surface area contributed by atoms with E-state index in [9.17, 15) is 0 Å². The van der Waals surface area contributed by atoms with Crippen molar-refractivity contribution in [3.63, 3.8) is 0 Å². The van der Waals surface area contributed by atoms with E-state index in [0.29, 0.717) is 6.04 Å². The summed E-state index contributed by atoms with van der Waals surface area (Å²) >= 11 is 3.20. The van der Waals surface area contributed by atoms with Crippen LogP contribution < -0.4 is 5.32 Å². The molecule has 0 aliphatic rings. The number of hydrogen-bond acceptors (Lipinski definition) is 6. The third-order valence-electron chi connectivity index (χ3n) is 2.08. The maximum Gasteiger partial charge on any atom is 0.174 e. The zero-order valence-corrected chi connectivity index (χ0v) is 11.5. The topological polar surface area (TPSA) is 51.0 Å². The predicted molar refractivity (Wildman–Crippen MR) is 70.2 cm³/mol. The Morgan fingerprint density at radius 2 is 2.24 bits per heavy atom. The summed E-state index contributed by atoms with van der Waals surface area (Å²) < 4.78 is 6.68. The molecule has 1 N–H and O–H groups in total. The first-order valence-electron chi connectivity index (χ1n) is 5.44. The van der Waals surface area contributed by atoms with Crippen molar-refractivity contribution in [1.29, 1.82) is 0 Å². The third kappa shape index (κ3) is 4.14. The van der Waals surface area contributed by atoms with Gasteiger partial charge in [-0.3, -0.25) is 0 Å². The van der Waals surface area contributed by atoms with Gasteiger partial charge in [-0.2, -0.15) is 0 Å². The van der Waals surface area contributed by atoms with E-state index in [4.69, 9.17) is 4.42 Å². The second-order valence-corrected chi connectivity index (χ2v) is 5.95. The molecule has 92 valence electrons. The summed E-state index contributed by atoms with van der Waals surface area (Å²) in [4.78, 5) is 0. The highest BCUT2D eigenvalue weighted by Gasteiger charge is 2.05. The van der Waals surface area contributed by atoms with Gasteiger partial charge in [-0.1, -0.05) is 36.9 Å². The fourth-order valence-electron chi connectivity index (χ4n) is 1.26. The van der Waals surface area contributed by atoms with Crippen LogP contribution in [0.1, 0.15) is 25.4 Å². The SMILES string of the molecule is CC(C)NCc1ccc(CSc2nncs2)o1. The number of aromatic nitrogens is 2. The Balaban J connectivity index is 1.81. The summed E-state index contributed by atoms with van der Waals surface area (Å²) in [5.41, 5.74) is 1.74. The lowest BCUT2D eigenvalue weighted by Crippen LogP contribution is -2.21. The summed E-state index contributed by atoms with van der Waals surface area (Å²) in [6.45, 7) is 5.02. The molecule has 2 aromatic heterocycles. The van der Waals surface area contributed by atoms with Crippen LogP contribution in [-0.2, 0) is 12.3 Å². The van der Waals surface area contributed by atoms with Crippen LogP contribution in [0.25, 0.3) is 0 Å². The standard InChI is InChI=1S/C11H15N3OS2/c1-8(2)12-5-9-3-4-10(15-9)6-16-11-14-13-7-17-11/h3-4,7-8,12H,5-6H2,1-2H3. The average Bonchev–Trinajstić information content (AvgIpc) is 2.95. The number of furan rings is 1. The third-order valence-corrected chi connectivity index (χ3v) is 3.96. The van der Waals surface area contributed by atoms with Crippen LogP contribution in [0.4, 0.5) is 0 Å². The van der Waals surface area contributed by atoms with Crippen LogP contribution in [-0.4, -0.2) is 16.2 Å². The van der Waals surface area contributed by atoms with E-state index in [2.05, 4.69) is 29.4 Å². The zero-order valence-electron chi connectivity index (χ0n) is 9.84. The fraction of sp³-hybridized carbons (Fsp3) is 0.455. The molecule has 0 bridgehead atoms. The Hall–Kier alpha value is -0.850. The van der Waals surface area contributed by atoms with Crippen LogP contribution in [0.3, 0.4) is 0 Å². The second kappa shape index (κ2) is 6.18. The quantitative estimate of drug-likeness (QED) is 0.817. The van der Waals surface area contributed by atoms with Gasteiger partial charge in [-0.05, 0) is 12.1 Å². The monoisotopic (exact) mass is 269 g/mol. The molecule has 0 spiro atoms. The van der Waals surface area contributed by atoms with Crippen molar-refractivity contribution in [3.8, 4) is 0 Å².